The molecule has 0 aliphatic rings. The van der Waals surface area contributed by atoms with Gasteiger partial charge in [0.25, 0.3) is 0 Å². The maximum absolute atomic E-state index is 6.07. The number of rotatable bonds is 2. The van der Waals surface area contributed by atoms with Crippen LogP contribution in [-0.2, 0) is 0 Å². The first-order valence-electron chi connectivity index (χ1n) is 7.07. The predicted octanol–water partition coefficient (Wildman–Crippen LogP) is 2.53. The monoisotopic (exact) mass is 293 g/mol. The van der Waals surface area contributed by atoms with Crippen molar-refractivity contribution in [2.24, 2.45) is 0 Å². The molecule has 0 amide bonds. The van der Waals surface area contributed by atoms with Crippen LogP contribution in [-0.4, -0.2) is 29.7 Å². The average molecular weight is 293 g/mol. The zero-order chi connectivity index (χ0) is 15.3. The van der Waals surface area contributed by atoms with Gasteiger partial charge in [0.15, 0.2) is 5.65 Å². The zero-order valence-corrected chi connectivity index (χ0v) is 12.3. The van der Waals surface area contributed by atoms with Gasteiger partial charge in [0.05, 0.1) is 5.39 Å². The van der Waals surface area contributed by atoms with Crippen LogP contribution in [0.25, 0.3) is 33.3 Å². The summed E-state index contributed by atoms with van der Waals surface area (Å²) < 4.78 is 1.87. The molecule has 0 aromatic carbocycles. The molecule has 4 aromatic rings. The lowest BCUT2D eigenvalue weighted by atomic mass is 10.1. The number of pyridine rings is 1. The Morgan fingerprint density at radius 1 is 1.23 bits per heavy atom. The molecule has 3 N–H and O–H groups in total. The van der Waals surface area contributed by atoms with Crippen molar-refractivity contribution in [1.82, 2.24) is 29.7 Å². The molecule has 22 heavy (non-hydrogen) atoms. The SMILES string of the molecule is CC(C)n1nc(-c2cnc3[nH]ccc3c2)c2c(N)ncnc21. The Morgan fingerprint density at radius 2 is 2.09 bits per heavy atom. The van der Waals surface area contributed by atoms with Crippen LogP contribution in [0.1, 0.15) is 19.9 Å². The van der Waals surface area contributed by atoms with Crippen molar-refractivity contribution >= 4 is 27.9 Å². The van der Waals surface area contributed by atoms with Crippen LogP contribution in [0.4, 0.5) is 5.82 Å². The molecule has 7 nitrogen and oxygen atoms in total. The summed E-state index contributed by atoms with van der Waals surface area (Å²) in [6.07, 6.45) is 5.12. The molecule has 0 saturated carbocycles. The maximum Gasteiger partial charge on any atom is 0.164 e. The average Bonchev–Trinajstić information content (AvgIpc) is 3.11. The van der Waals surface area contributed by atoms with E-state index in [-0.39, 0.29) is 6.04 Å². The molecular weight excluding hydrogens is 278 g/mol. The van der Waals surface area contributed by atoms with E-state index in [9.17, 15) is 0 Å². The van der Waals surface area contributed by atoms with Crippen molar-refractivity contribution in [2.45, 2.75) is 19.9 Å². The van der Waals surface area contributed by atoms with Crippen LogP contribution in [0.15, 0.2) is 30.9 Å². The third kappa shape index (κ3) is 1.75. The van der Waals surface area contributed by atoms with E-state index in [1.165, 1.54) is 6.33 Å². The number of anilines is 1. The molecule has 0 atom stereocenters. The van der Waals surface area contributed by atoms with Crippen LogP contribution in [0, 0.1) is 0 Å². The van der Waals surface area contributed by atoms with E-state index in [1.54, 1.807) is 6.20 Å². The lowest BCUT2D eigenvalue weighted by Gasteiger charge is -2.05. The van der Waals surface area contributed by atoms with E-state index in [0.29, 0.717) is 5.82 Å². The minimum Gasteiger partial charge on any atom is -0.383 e. The van der Waals surface area contributed by atoms with Gasteiger partial charge in [-0.2, -0.15) is 5.10 Å². The molecule has 4 aromatic heterocycles. The predicted molar refractivity (Wildman–Crippen MR) is 85.2 cm³/mol. The smallest absolute Gasteiger partial charge is 0.164 e. The second kappa shape index (κ2) is 4.52. The quantitative estimate of drug-likeness (QED) is 0.591. The van der Waals surface area contributed by atoms with Crippen LogP contribution in [0.2, 0.25) is 0 Å². The van der Waals surface area contributed by atoms with Crippen molar-refractivity contribution in [3.05, 3.63) is 30.9 Å². The summed E-state index contributed by atoms with van der Waals surface area (Å²) in [5, 5.41) is 6.49. The molecule has 0 fully saturated rings. The van der Waals surface area contributed by atoms with Gasteiger partial charge in [-0.1, -0.05) is 0 Å². The van der Waals surface area contributed by atoms with E-state index in [0.717, 1.165) is 33.3 Å². The van der Waals surface area contributed by atoms with Crippen LogP contribution >= 0.6 is 0 Å². The number of hydrogen-bond acceptors (Lipinski definition) is 5. The molecule has 110 valence electrons. The first-order valence-corrected chi connectivity index (χ1v) is 7.07. The summed E-state index contributed by atoms with van der Waals surface area (Å²) >= 11 is 0. The lowest BCUT2D eigenvalue weighted by molar-refractivity contribution is 0.548. The second-order valence-corrected chi connectivity index (χ2v) is 5.48. The molecule has 0 radical (unpaired) electrons. The van der Waals surface area contributed by atoms with Gasteiger partial charge in [0.2, 0.25) is 0 Å². The Morgan fingerprint density at radius 3 is 2.91 bits per heavy atom. The standard InChI is InChI=1S/C15H15N7/c1-8(2)22-15-11(13(16)19-7-20-15)12(21-22)10-5-9-3-4-17-14(9)18-6-10/h3-8H,1-2H3,(H,17,18)(H2,16,19,20). The Kier molecular flexibility index (Phi) is 2.62. The molecule has 4 heterocycles. The van der Waals surface area contributed by atoms with E-state index < -0.39 is 0 Å². The highest BCUT2D eigenvalue weighted by atomic mass is 15.3. The summed E-state index contributed by atoms with van der Waals surface area (Å²) in [7, 11) is 0. The Balaban J connectivity index is 2.05. The Hall–Kier alpha value is -2.96. The van der Waals surface area contributed by atoms with E-state index in [4.69, 9.17) is 10.8 Å². The molecule has 0 unspecified atom stereocenters. The maximum atomic E-state index is 6.07. The normalized spacial score (nSPS) is 11.8. The number of fused-ring (bicyclic) bond motifs is 2. The van der Waals surface area contributed by atoms with Crippen LogP contribution in [0.3, 0.4) is 0 Å². The molecule has 0 aliphatic heterocycles. The zero-order valence-electron chi connectivity index (χ0n) is 12.3. The van der Waals surface area contributed by atoms with Crippen molar-refractivity contribution in [3.8, 4) is 11.3 Å². The fourth-order valence-electron chi connectivity index (χ4n) is 2.63. The lowest BCUT2D eigenvalue weighted by Crippen LogP contribution is -2.04. The summed E-state index contributed by atoms with van der Waals surface area (Å²) in [5.74, 6) is 0.432. The number of aromatic amines is 1. The molecule has 0 bridgehead atoms. The number of nitrogens with zero attached hydrogens (tertiary/aromatic N) is 5. The number of aromatic nitrogens is 6. The fourth-order valence-corrected chi connectivity index (χ4v) is 2.63. The second-order valence-electron chi connectivity index (χ2n) is 5.48. The minimum absolute atomic E-state index is 0.175. The molecule has 0 aliphatic carbocycles. The highest BCUT2D eigenvalue weighted by molar-refractivity contribution is 5.99. The summed E-state index contributed by atoms with van der Waals surface area (Å²) in [6.45, 7) is 4.12. The van der Waals surface area contributed by atoms with Gasteiger partial charge >= 0.3 is 0 Å². The highest BCUT2D eigenvalue weighted by Gasteiger charge is 2.18. The van der Waals surface area contributed by atoms with Gasteiger partial charge in [0, 0.05) is 29.4 Å². The van der Waals surface area contributed by atoms with E-state index in [2.05, 4.69) is 33.8 Å². The molecule has 4 rings (SSSR count). The van der Waals surface area contributed by atoms with Crippen LogP contribution in [0.5, 0.6) is 0 Å². The Bertz CT molecular complexity index is 980. The molecule has 0 spiro atoms. The first-order chi connectivity index (χ1) is 10.6. The van der Waals surface area contributed by atoms with Gasteiger partial charge in [-0.3, -0.25) is 0 Å². The number of H-pyrrole nitrogens is 1. The van der Waals surface area contributed by atoms with Crippen LogP contribution < -0.4 is 5.73 Å². The first kappa shape index (κ1) is 12.8. The third-order valence-corrected chi connectivity index (χ3v) is 3.68. The fraction of sp³-hybridized carbons (Fsp3) is 0.200. The highest BCUT2D eigenvalue weighted by Crippen LogP contribution is 2.32. The van der Waals surface area contributed by atoms with Crippen molar-refractivity contribution < 1.29 is 0 Å². The number of nitrogen functional groups attached to an aromatic ring is 1. The van der Waals surface area contributed by atoms with E-state index in [1.807, 2.05) is 23.0 Å². The summed E-state index contributed by atoms with van der Waals surface area (Å²) in [6, 6.07) is 4.19. The van der Waals surface area contributed by atoms with Gasteiger partial charge in [-0.25, -0.2) is 19.6 Å². The number of nitrogens with one attached hydrogen (secondary N) is 1. The number of nitrogens with two attached hydrogens (primary N) is 1. The van der Waals surface area contributed by atoms with Crippen molar-refractivity contribution in [2.75, 3.05) is 5.73 Å². The van der Waals surface area contributed by atoms with Gasteiger partial charge < -0.3 is 10.7 Å². The Labute approximate surface area is 126 Å². The van der Waals surface area contributed by atoms with E-state index >= 15 is 0 Å². The van der Waals surface area contributed by atoms with Crippen molar-refractivity contribution in [1.29, 1.82) is 0 Å². The van der Waals surface area contributed by atoms with Crippen molar-refractivity contribution in [3.63, 3.8) is 0 Å². The largest absolute Gasteiger partial charge is 0.383 e. The molecule has 0 saturated heterocycles. The molecular formula is C15H15N7. The van der Waals surface area contributed by atoms with Gasteiger partial charge in [-0.15, -0.1) is 0 Å². The minimum atomic E-state index is 0.175. The van der Waals surface area contributed by atoms with Gasteiger partial charge in [0.1, 0.15) is 23.5 Å². The molecule has 7 heteroatoms. The summed E-state index contributed by atoms with van der Waals surface area (Å²) in [4.78, 5) is 16.0. The topological polar surface area (TPSA) is 98.3 Å². The van der Waals surface area contributed by atoms with Gasteiger partial charge in [-0.05, 0) is 26.0 Å². The third-order valence-electron chi connectivity index (χ3n) is 3.68. The number of hydrogen-bond donors (Lipinski definition) is 2. The summed E-state index contributed by atoms with van der Waals surface area (Å²) in [5.41, 5.74) is 9.32.